The molecule has 0 unspecified atom stereocenters. The number of halogens is 1. The first-order chi connectivity index (χ1) is 12.8. The van der Waals surface area contributed by atoms with Gasteiger partial charge >= 0.3 is 11.9 Å². The van der Waals surface area contributed by atoms with E-state index in [1.165, 1.54) is 18.2 Å². The molecule has 1 heterocycles. The number of nitrogens with one attached hydrogen (secondary N) is 1. The molecule has 27 heavy (non-hydrogen) atoms. The summed E-state index contributed by atoms with van der Waals surface area (Å²) in [5, 5.41) is 0. The van der Waals surface area contributed by atoms with Gasteiger partial charge in [0.05, 0.1) is 17.7 Å². The van der Waals surface area contributed by atoms with Crippen molar-refractivity contribution < 1.29 is 33.0 Å². The summed E-state index contributed by atoms with van der Waals surface area (Å²) >= 11 is 0. The molecule has 0 aliphatic heterocycles. The molecule has 0 aliphatic carbocycles. The number of hydrogen-bond acceptors (Lipinski definition) is 6. The van der Waals surface area contributed by atoms with Crippen molar-refractivity contribution in [2.24, 2.45) is 0 Å². The lowest BCUT2D eigenvalue weighted by atomic mass is 10.1. The van der Waals surface area contributed by atoms with Crippen LogP contribution in [0.3, 0.4) is 0 Å². The summed E-state index contributed by atoms with van der Waals surface area (Å²) < 4.78 is 28.0. The van der Waals surface area contributed by atoms with E-state index in [0.29, 0.717) is 11.4 Å². The van der Waals surface area contributed by atoms with Crippen LogP contribution in [0, 0.1) is 19.7 Å². The molecule has 144 valence electrons. The Morgan fingerprint density at radius 3 is 2.41 bits per heavy atom. The highest BCUT2D eigenvalue weighted by molar-refractivity contribution is 6.09. The quantitative estimate of drug-likeness (QED) is 0.561. The number of ketones is 1. The average Bonchev–Trinajstić information content (AvgIpc) is 2.92. The molecule has 1 N–H and O–H groups in total. The van der Waals surface area contributed by atoms with Crippen LogP contribution in [0.4, 0.5) is 4.39 Å². The van der Waals surface area contributed by atoms with Gasteiger partial charge < -0.3 is 19.2 Å². The van der Waals surface area contributed by atoms with Gasteiger partial charge in [0.2, 0.25) is 5.78 Å². The Bertz CT molecular complexity index is 858. The Morgan fingerprint density at radius 2 is 1.74 bits per heavy atom. The molecule has 0 amide bonds. The van der Waals surface area contributed by atoms with E-state index in [1.54, 1.807) is 20.8 Å². The van der Waals surface area contributed by atoms with Gasteiger partial charge in [0.1, 0.15) is 11.6 Å². The monoisotopic (exact) mass is 377 g/mol. The van der Waals surface area contributed by atoms with E-state index in [2.05, 4.69) is 4.98 Å². The lowest BCUT2D eigenvalue weighted by molar-refractivity contribution is -0.144. The van der Waals surface area contributed by atoms with Crippen molar-refractivity contribution in [3.63, 3.8) is 0 Å². The zero-order valence-electron chi connectivity index (χ0n) is 15.3. The van der Waals surface area contributed by atoms with Gasteiger partial charge in [-0.05, 0) is 32.9 Å². The van der Waals surface area contributed by atoms with E-state index in [9.17, 15) is 18.8 Å². The highest BCUT2D eigenvalue weighted by Gasteiger charge is 2.26. The van der Waals surface area contributed by atoms with Crippen molar-refractivity contribution in [2.75, 3.05) is 19.8 Å². The standard InChI is InChI=1S/C19H20FNO6/c1-4-25-19(24)18-12(3)21-11(2)17(18)15(22)9-27-16(23)10-26-14-7-5-6-13(20)8-14/h5-8,21H,4,9-10H2,1-3H3. The minimum Gasteiger partial charge on any atom is -0.482 e. The maximum atomic E-state index is 13.0. The molecular formula is C19H20FNO6. The number of aromatic amines is 1. The number of rotatable bonds is 8. The van der Waals surface area contributed by atoms with Crippen molar-refractivity contribution >= 4 is 17.7 Å². The molecule has 0 saturated carbocycles. The first kappa shape index (κ1) is 20.2. The Hall–Kier alpha value is -3.16. The molecule has 0 atom stereocenters. The van der Waals surface area contributed by atoms with E-state index in [4.69, 9.17) is 14.2 Å². The molecule has 1 aromatic heterocycles. The van der Waals surface area contributed by atoms with E-state index < -0.39 is 36.8 Å². The van der Waals surface area contributed by atoms with Gasteiger partial charge in [-0.1, -0.05) is 6.07 Å². The highest BCUT2D eigenvalue weighted by atomic mass is 19.1. The number of H-pyrrole nitrogens is 1. The van der Waals surface area contributed by atoms with Crippen LogP contribution in [0.1, 0.15) is 39.0 Å². The van der Waals surface area contributed by atoms with Gasteiger partial charge in [-0.3, -0.25) is 4.79 Å². The fraction of sp³-hybridized carbons (Fsp3) is 0.316. The predicted octanol–water partition coefficient (Wildman–Crippen LogP) is 2.75. The largest absolute Gasteiger partial charge is 0.482 e. The number of ether oxygens (including phenoxy) is 3. The minimum atomic E-state index is -0.796. The Labute approximate surface area is 155 Å². The van der Waals surface area contributed by atoms with Crippen LogP contribution in [0.25, 0.3) is 0 Å². The highest BCUT2D eigenvalue weighted by Crippen LogP contribution is 2.20. The van der Waals surface area contributed by atoms with Crippen molar-refractivity contribution in [1.29, 1.82) is 0 Å². The van der Waals surface area contributed by atoms with Gasteiger partial charge in [-0.2, -0.15) is 0 Å². The first-order valence-corrected chi connectivity index (χ1v) is 8.27. The van der Waals surface area contributed by atoms with Crippen LogP contribution in [0.2, 0.25) is 0 Å². The second-order valence-corrected chi connectivity index (χ2v) is 5.68. The number of carbonyl (C=O) groups excluding carboxylic acids is 3. The second-order valence-electron chi connectivity index (χ2n) is 5.68. The number of aryl methyl sites for hydroxylation is 2. The summed E-state index contributed by atoms with van der Waals surface area (Å²) in [6.45, 7) is 4.08. The SMILES string of the molecule is CCOC(=O)c1c(C)[nH]c(C)c1C(=O)COC(=O)COc1cccc(F)c1. The van der Waals surface area contributed by atoms with Crippen LogP contribution >= 0.6 is 0 Å². The smallest absolute Gasteiger partial charge is 0.344 e. The van der Waals surface area contributed by atoms with Gasteiger partial charge in [0, 0.05) is 17.5 Å². The molecular weight excluding hydrogens is 357 g/mol. The number of Topliss-reactive ketones (excluding diaryl/α,β-unsaturated/α-hetero) is 1. The summed E-state index contributed by atoms with van der Waals surface area (Å²) in [7, 11) is 0. The lowest BCUT2D eigenvalue weighted by Gasteiger charge is -2.08. The normalized spacial score (nSPS) is 10.4. The zero-order chi connectivity index (χ0) is 20.0. The Balaban J connectivity index is 1.97. The third kappa shape index (κ3) is 5.16. The molecule has 0 radical (unpaired) electrons. The molecule has 2 rings (SSSR count). The molecule has 7 nitrogen and oxygen atoms in total. The van der Waals surface area contributed by atoms with Crippen LogP contribution in [0.15, 0.2) is 24.3 Å². The number of benzene rings is 1. The number of aromatic nitrogens is 1. The van der Waals surface area contributed by atoms with Crippen molar-refractivity contribution in [1.82, 2.24) is 4.98 Å². The third-order valence-corrected chi connectivity index (χ3v) is 3.65. The van der Waals surface area contributed by atoms with Crippen LogP contribution in [-0.4, -0.2) is 42.5 Å². The van der Waals surface area contributed by atoms with Crippen LogP contribution in [-0.2, 0) is 14.3 Å². The second kappa shape index (κ2) is 8.98. The topological polar surface area (TPSA) is 94.7 Å². The van der Waals surface area contributed by atoms with Gasteiger partial charge in [-0.25, -0.2) is 14.0 Å². The molecule has 1 aromatic carbocycles. The summed E-state index contributed by atoms with van der Waals surface area (Å²) in [6, 6.07) is 5.29. The summed E-state index contributed by atoms with van der Waals surface area (Å²) in [5.41, 5.74) is 1.24. The molecule has 0 bridgehead atoms. The number of esters is 2. The maximum absolute atomic E-state index is 13.0. The van der Waals surface area contributed by atoms with Crippen molar-refractivity contribution in [2.45, 2.75) is 20.8 Å². The zero-order valence-corrected chi connectivity index (χ0v) is 15.3. The number of carbonyl (C=O) groups is 3. The average molecular weight is 377 g/mol. The Morgan fingerprint density at radius 1 is 1.04 bits per heavy atom. The maximum Gasteiger partial charge on any atom is 0.344 e. The van der Waals surface area contributed by atoms with Gasteiger partial charge in [-0.15, -0.1) is 0 Å². The van der Waals surface area contributed by atoms with E-state index in [-0.39, 0.29) is 23.5 Å². The molecule has 0 fully saturated rings. The summed E-state index contributed by atoms with van der Waals surface area (Å²) in [6.07, 6.45) is 0. The van der Waals surface area contributed by atoms with Gasteiger partial charge in [0.25, 0.3) is 0 Å². The summed E-state index contributed by atoms with van der Waals surface area (Å²) in [4.78, 5) is 39.2. The van der Waals surface area contributed by atoms with Crippen molar-refractivity contribution in [3.05, 3.63) is 52.6 Å². The fourth-order valence-corrected chi connectivity index (χ4v) is 2.55. The number of hydrogen-bond donors (Lipinski definition) is 1. The van der Waals surface area contributed by atoms with Crippen molar-refractivity contribution in [3.8, 4) is 5.75 Å². The molecule has 0 aliphatic rings. The van der Waals surface area contributed by atoms with E-state index in [0.717, 1.165) is 6.07 Å². The van der Waals surface area contributed by atoms with Gasteiger partial charge in [0.15, 0.2) is 13.2 Å². The van der Waals surface area contributed by atoms with Crippen LogP contribution < -0.4 is 4.74 Å². The van der Waals surface area contributed by atoms with E-state index >= 15 is 0 Å². The summed E-state index contributed by atoms with van der Waals surface area (Å²) in [5.74, 6) is -2.29. The lowest BCUT2D eigenvalue weighted by Crippen LogP contribution is -2.21. The third-order valence-electron chi connectivity index (χ3n) is 3.65. The molecule has 0 saturated heterocycles. The molecule has 2 aromatic rings. The molecule has 0 spiro atoms. The molecule has 8 heteroatoms. The predicted molar refractivity (Wildman–Crippen MR) is 93.4 cm³/mol. The Kier molecular flexibility index (Phi) is 6.70. The minimum absolute atomic E-state index is 0.129. The fourth-order valence-electron chi connectivity index (χ4n) is 2.55. The van der Waals surface area contributed by atoms with E-state index in [1.807, 2.05) is 0 Å². The first-order valence-electron chi connectivity index (χ1n) is 8.27. The van der Waals surface area contributed by atoms with Crippen LogP contribution in [0.5, 0.6) is 5.75 Å².